The largest absolute Gasteiger partial charge is 0.303 e. The molecule has 2 rings (SSSR count). The summed E-state index contributed by atoms with van der Waals surface area (Å²) < 4.78 is 26.6. The quantitative estimate of drug-likeness (QED) is 0.509. The molecule has 1 aliphatic heterocycles. The minimum Gasteiger partial charge on any atom is -0.303 e. The number of rotatable bonds is 2. The van der Waals surface area contributed by atoms with Crippen LogP contribution in [0.15, 0.2) is 12.1 Å². The van der Waals surface area contributed by atoms with Crippen LogP contribution in [0.5, 0.6) is 0 Å². The van der Waals surface area contributed by atoms with Crippen LogP contribution in [-0.2, 0) is 4.79 Å². The third kappa shape index (κ3) is 2.15. The molecule has 1 unspecified atom stereocenters. The number of nitro groups is 1. The van der Waals surface area contributed by atoms with Crippen molar-refractivity contribution in [1.29, 1.82) is 0 Å². The van der Waals surface area contributed by atoms with Gasteiger partial charge >= 0.3 is 0 Å². The van der Waals surface area contributed by atoms with E-state index in [4.69, 9.17) is 0 Å². The Morgan fingerprint density at radius 1 is 1.44 bits per heavy atom. The van der Waals surface area contributed by atoms with Gasteiger partial charge in [0.1, 0.15) is 5.82 Å². The molecule has 0 aromatic heterocycles. The van der Waals surface area contributed by atoms with E-state index in [2.05, 4.69) is 12.6 Å². The zero-order valence-corrected chi connectivity index (χ0v) is 9.86. The van der Waals surface area contributed by atoms with Gasteiger partial charge in [0.2, 0.25) is 5.91 Å². The molecular weight excluding hydrogens is 266 g/mol. The summed E-state index contributed by atoms with van der Waals surface area (Å²) in [5.74, 6) is -2.65. The first-order valence-corrected chi connectivity index (χ1v) is 5.53. The molecule has 1 aromatic carbocycles. The van der Waals surface area contributed by atoms with Gasteiger partial charge in [-0.1, -0.05) is 0 Å². The number of thiol groups is 1. The Bertz CT molecular complexity index is 538. The van der Waals surface area contributed by atoms with Crippen molar-refractivity contribution in [2.45, 2.75) is 11.7 Å². The summed E-state index contributed by atoms with van der Waals surface area (Å²) in [6.45, 7) is 0.0609. The van der Waals surface area contributed by atoms with E-state index in [0.29, 0.717) is 12.1 Å². The summed E-state index contributed by atoms with van der Waals surface area (Å²) in [6, 6.07) is 1.11. The molecule has 0 radical (unpaired) electrons. The maximum absolute atomic E-state index is 13.7. The van der Waals surface area contributed by atoms with E-state index in [0.717, 1.165) is 4.90 Å². The number of carbonyl (C=O) groups excluding carboxylic acids is 1. The van der Waals surface area contributed by atoms with Crippen LogP contribution in [0, 0.1) is 21.7 Å². The van der Waals surface area contributed by atoms with Crippen LogP contribution in [0.25, 0.3) is 0 Å². The average Bonchev–Trinajstić information content (AvgIpc) is 2.56. The second-order valence-corrected chi connectivity index (χ2v) is 4.61. The molecule has 0 N–H and O–H groups in total. The van der Waals surface area contributed by atoms with Crippen molar-refractivity contribution in [3.63, 3.8) is 0 Å². The second-order valence-electron chi connectivity index (χ2n) is 3.87. The van der Waals surface area contributed by atoms with Gasteiger partial charge in [-0.15, -0.1) is 0 Å². The van der Waals surface area contributed by atoms with E-state index < -0.39 is 33.8 Å². The van der Waals surface area contributed by atoms with E-state index >= 15 is 0 Å². The SMILES string of the molecule is O=C1CC(S)CN1c1c(F)cc(F)cc1[N+](=O)[O-]. The molecule has 1 amide bonds. The standard InChI is InChI=1S/C10H8F2N2O3S/c11-5-1-7(12)10(8(2-5)14(16)17)13-4-6(18)3-9(13)15/h1-2,6,18H,3-4H2. The molecule has 1 atom stereocenters. The number of amides is 1. The number of anilines is 1. The number of halogens is 2. The van der Waals surface area contributed by atoms with Crippen LogP contribution in [0.1, 0.15) is 6.42 Å². The molecule has 1 aliphatic rings. The van der Waals surface area contributed by atoms with Gasteiger partial charge in [-0.2, -0.15) is 12.6 Å². The Hall–Kier alpha value is -1.70. The first kappa shape index (κ1) is 12.7. The zero-order chi connectivity index (χ0) is 13.4. The van der Waals surface area contributed by atoms with Crippen LogP contribution in [0.2, 0.25) is 0 Å². The molecule has 1 saturated heterocycles. The van der Waals surface area contributed by atoms with E-state index in [1.807, 2.05) is 0 Å². The van der Waals surface area contributed by atoms with Crippen molar-refractivity contribution in [2.24, 2.45) is 0 Å². The van der Waals surface area contributed by atoms with Crippen molar-refractivity contribution in [3.05, 3.63) is 33.9 Å². The van der Waals surface area contributed by atoms with E-state index in [1.54, 1.807) is 0 Å². The Balaban J connectivity index is 2.56. The smallest absolute Gasteiger partial charge is 0.298 e. The Kier molecular flexibility index (Phi) is 3.20. The number of carbonyl (C=O) groups is 1. The van der Waals surface area contributed by atoms with E-state index in [9.17, 15) is 23.7 Å². The molecule has 0 spiro atoms. The van der Waals surface area contributed by atoms with Gasteiger partial charge in [-0.3, -0.25) is 14.9 Å². The van der Waals surface area contributed by atoms with Crippen LogP contribution in [0.4, 0.5) is 20.2 Å². The fourth-order valence-corrected chi connectivity index (χ4v) is 2.18. The normalized spacial score (nSPS) is 19.4. The molecular formula is C10H8F2N2O3S. The highest BCUT2D eigenvalue weighted by molar-refractivity contribution is 7.81. The first-order valence-electron chi connectivity index (χ1n) is 5.02. The lowest BCUT2D eigenvalue weighted by atomic mass is 10.2. The molecule has 0 aliphatic carbocycles. The van der Waals surface area contributed by atoms with Gasteiger partial charge < -0.3 is 4.90 Å². The maximum Gasteiger partial charge on any atom is 0.298 e. The first-order chi connectivity index (χ1) is 8.40. The minimum atomic E-state index is -1.13. The van der Waals surface area contributed by atoms with Crippen molar-refractivity contribution in [2.75, 3.05) is 11.4 Å². The minimum absolute atomic E-state index is 0.0609. The number of hydrogen-bond donors (Lipinski definition) is 1. The van der Waals surface area contributed by atoms with E-state index in [1.165, 1.54) is 0 Å². The average molecular weight is 274 g/mol. The number of nitro benzene ring substituents is 1. The summed E-state index contributed by atoms with van der Waals surface area (Å²) in [5, 5.41) is 10.5. The summed E-state index contributed by atoms with van der Waals surface area (Å²) >= 11 is 4.07. The summed E-state index contributed by atoms with van der Waals surface area (Å²) in [7, 11) is 0. The number of benzene rings is 1. The van der Waals surface area contributed by atoms with Gasteiger partial charge in [0.15, 0.2) is 11.5 Å². The molecule has 1 aromatic rings. The summed E-state index contributed by atoms with van der Waals surface area (Å²) in [5.41, 5.74) is -1.26. The van der Waals surface area contributed by atoms with Crippen LogP contribution >= 0.6 is 12.6 Å². The molecule has 8 heteroatoms. The molecule has 0 bridgehead atoms. The fraction of sp³-hybridized carbons (Fsp3) is 0.300. The number of hydrogen-bond acceptors (Lipinski definition) is 4. The van der Waals surface area contributed by atoms with Crippen molar-refractivity contribution < 1.29 is 18.5 Å². The Morgan fingerprint density at radius 2 is 2.11 bits per heavy atom. The molecule has 5 nitrogen and oxygen atoms in total. The van der Waals surface area contributed by atoms with Crippen LogP contribution in [0.3, 0.4) is 0 Å². The van der Waals surface area contributed by atoms with Gasteiger partial charge in [0.25, 0.3) is 5.69 Å². The topological polar surface area (TPSA) is 63.5 Å². The predicted octanol–water partition coefficient (Wildman–Crippen LogP) is 1.91. The van der Waals surface area contributed by atoms with E-state index in [-0.39, 0.29) is 18.2 Å². The molecule has 0 saturated carbocycles. The molecule has 96 valence electrons. The summed E-state index contributed by atoms with van der Waals surface area (Å²) in [4.78, 5) is 22.4. The number of nitrogens with zero attached hydrogens (tertiary/aromatic N) is 2. The molecule has 1 heterocycles. The second kappa shape index (κ2) is 4.52. The predicted molar refractivity (Wildman–Crippen MR) is 62.8 cm³/mol. The highest BCUT2D eigenvalue weighted by Crippen LogP contribution is 2.35. The van der Waals surface area contributed by atoms with Crippen molar-refractivity contribution in [3.8, 4) is 0 Å². The monoisotopic (exact) mass is 274 g/mol. The third-order valence-electron chi connectivity index (χ3n) is 2.58. The summed E-state index contributed by atoms with van der Waals surface area (Å²) in [6.07, 6.45) is 0.0665. The lowest BCUT2D eigenvalue weighted by Gasteiger charge is -2.16. The lowest BCUT2D eigenvalue weighted by Crippen LogP contribution is -2.26. The molecule has 1 fully saturated rings. The van der Waals surface area contributed by atoms with Gasteiger partial charge in [-0.25, -0.2) is 8.78 Å². The zero-order valence-electron chi connectivity index (χ0n) is 8.97. The highest BCUT2D eigenvalue weighted by Gasteiger charge is 2.35. The van der Waals surface area contributed by atoms with Crippen molar-refractivity contribution in [1.82, 2.24) is 0 Å². The lowest BCUT2D eigenvalue weighted by molar-refractivity contribution is -0.384. The van der Waals surface area contributed by atoms with Crippen LogP contribution < -0.4 is 4.90 Å². The highest BCUT2D eigenvalue weighted by atomic mass is 32.1. The van der Waals surface area contributed by atoms with Crippen molar-refractivity contribution >= 4 is 29.9 Å². The van der Waals surface area contributed by atoms with Gasteiger partial charge in [0.05, 0.1) is 11.0 Å². The molecule has 18 heavy (non-hydrogen) atoms. The Labute approximate surface area is 106 Å². The van der Waals surface area contributed by atoms with Gasteiger partial charge in [0, 0.05) is 24.3 Å². The van der Waals surface area contributed by atoms with Gasteiger partial charge in [-0.05, 0) is 0 Å². The van der Waals surface area contributed by atoms with Crippen LogP contribution in [-0.4, -0.2) is 22.6 Å². The fourth-order valence-electron chi connectivity index (χ4n) is 1.86. The third-order valence-corrected chi connectivity index (χ3v) is 2.93. The maximum atomic E-state index is 13.7. The Morgan fingerprint density at radius 3 is 2.61 bits per heavy atom.